The predicted octanol–water partition coefficient (Wildman–Crippen LogP) is 0.108. The summed E-state index contributed by atoms with van der Waals surface area (Å²) in [6, 6.07) is 0. The molecule has 12 heteroatoms. The number of aromatic nitrogens is 2. The third-order valence-corrected chi connectivity index (χ3v) is 4.27. The molecule has 0 fully saturated rings. The fourth-order valence-electron chi connectivity index (χ4n) is 1.43. The lowest BCUT2D eigenvalue weighted by atomic mass is 10.4. The summed E-state index contributed by atoms with van der Waals surface area (Å²) < 4.78 is 66.2. The highest BCUT2D eigenvalue weighted by molar-refractivity contribution is 7.89. The number of aromatic amines is 1. The van der Waals surface area contributed by atoms with Crippen molar-refractivity contribution in [1.82, 2.24) is 14.5 Å². The molecule has 0 saturated heterocycles. The second-order valence-electron chi connectivity index (χ2n) is 3.93. The number of methoxy groups -OCH3 is 1. The summed E-state index contributed by atoms with van der Waals surface area (Å²) >= 11 is 0. The van der Waals surface area contributed by atoms with E-state index in [1.165, 1.54) is 0 Å². The van der Waals surface area contributed by atoms with E-state index in [1.807, 2.05) is 0 Å². The zero-order valence-corrected chi connectivity index (χ0v) is 11.7. The Balaban J connectivity index is 3.05. The fourth-order valence-corrected chi connectivity index (χ4v) is 2.87. The Hall–Kier alpha value is -1.82. The number of hydrogen-bond acceptors (Lipinski definition) is 6. The molecule has 0 aromatic carbocycles. The van der Waals surface area contributed by atoms with Gasteiger partial charge in [0, 0.05) is 6.54 Å². The summed E-state index contributed by atoms with van der Waals surface area (Å²) in [5.74, 6) is -1.22. The predicted molar refractivity (Wildman–Crippen MR) is 64.4 cm³/mol. The van der Waals surface area contributed by atoms with Gasteiger partial charge >= 0.3 is 12.1 Å². The molecule has 1 aromatic rings. The molecule has 21 heavy (non-hydrogen) atoms. The van der Waals surface area contributed by atoms with Crippen molar-refractivity contribution in [3.8, 4) is 0 Å². The molecule has 0 aliphatic carbocycles. The van der Waals surface area contributed by atoms with Crippen LogP contribution in [0.2, 0.25) is 0 Å². The number of sulfonamides is 1. The maximum atomic E-state index is 12.5. The summed E-state index contributed by atoms with van der Waals surface area (Å²) in [6.45, 7) is -2.45. The van der Waals surface area contributed by atoms with Crippen LogP contribution in [0.15, 0.2) is 11.1 Å². The van der Waals surface area contributed by atoms with Gasteiger partial charge in [0.1, 0.15) is 17.3 Å². The molecular weight excluding hydrogens is 317 g/mol. The first-order chi connectivity index (χ1) is 9.58. The maximum absolute atomic E-state index is 12.5. The molecule has 0 spiro atoms. The Morgan fingerprint density at radius 3 is 2.57 bits per heavy atom. The Bertz CT molecular complexity index is 598. The number of anilines is 1. The molecule has 1 rings (SSSR count). The van der Waals surface area contributed by atoms with Crippen molar-refractivity contribution in [3.05, 3.63) is 6.20 Å². The minimum Gasteiger partial charge on any atom is -0.469 e. The van der Waals surface area contributed by atoms with E-state index in [0.717, 1.165) is 13.3 Å². The van der Waals surface area contributed by atoms with Gasteiger partial charge in [-0.2, -0.15) is 22.6 Å². The Labute approximate surface area is 118 Å². The summed E-state index contributed by atoms with van der Waals surface area (Å²) in [5.41, 5.74) is 5.31. The van der Waals surface area contributed by atoms with Gasteiger partial charge < -0.3 is 10.5 Å². The molecule has 1 aromatic heterocycles. The third-order valence-electron chi connectivity index (χ3n) is 2.40. The number of nitrogens with zero attached hydrogens (tertiary/aromatic N) is 2. The van der Waals surface area contributed by atoms with Crippen LogP contribution in [0, 0.1) is 0 Å². The molecule has 120 valence electrons. The van der Waals surface area contributed by atoms with Gasteiger partial charge in [-0.25, -0.2) is 8.42 Å². The number of hydrogen-bond donors (Lipinski definition) is 2. The van der Waals surface area contributed by atoms with Gasteiger partial charge in [-0.05, 0) is 0 Å². The van der Waals surface area contributed by atoms with Crippen LogP contribution in [-0.2, 0) is 19.6 Å². The van der Waals surface area contributed by atoms with Crippen LogP contribution >= 0.6 is 0 Å². The number of alkyl halides is 3. The summed E-state index contributed by atoms with van der Waals surface area (Å²) in [4.78, 5) is 10.4. The highest BCUT2D eigenvalue weighted by Gasteiger charge is 2.38. The zero-order chi connectivity index (χ0) is 16.3. The first-order valence-electron chi connectivity index (χ1n) is 5.50. The van der Waals surface area contributed by atoms with E-state index in [1.54, 1.807) is 0 Å². The molecule has 1 heterocycles. The number of nitrogen functional groups attached to an aromatic ring is 1. The number of rotatable bonds is 6. The van der Waals surface area contributed by atoms with E-state index in [0.29, 0.717) is 0 Å². The highest BCUT2D eigenvalue weighted by atomic mass is 32.2. The monoisotopic (exact) mass is 330 g/mol. The molecule has 0 unspecified atom stereocenters. The maximum Gasteiger partial charge on any atom is 0.402 e. The normalized spacial score (nSPS) is 12.6. The smallest absolute Gasteiger partial charge is 0.402 e. The van der Waals surface area contributed by atoms with E-state index in [9.17, 15) is 26.4 Å². The van der Waals surface area contributed by atoms with Gasteiger partial charge in [0.05, 0.1) is 19.7 Å². The molecular formula is C9H13F3N4O4S. The fraction of sp³-hybridized carbons (Fsp3) is 0.556. The molecule has 0 saturated carbocycles. The SMILES string of the molecule is COC(=O)CCN(CC(F)(F)F)S(=O)(=O)c1cn[nH]c1N. The molecule has 8 nitrogen and oxygen atoms in total. The largest absolute Gasteiger partial charge is 0.469 e. The van der Waals surface area contributed by atoms with Crippen LogP contribution in [-0.4, -0.2) is 55.3 Å². The zero-order valence-electron chi connectivity index (χ0n) is 10.8. The van der Waals surface area contributed by atoms with Crippen LogP contribution in [0.25, 0.3) is 0 Å². The number of carbonyl (C=O) groups is 1. The molecule has 0 aliphatic heterocycles. The van der Waals surface area contributed by atoms with Crippen molar-refractivity contribution in [2.24, 2.45) is 0 Å². The topological polar surface area (TPSA) is 118 Å². The number of halogens is 3. The van der Waals surface area contributed by atoms with E-state index in [2.05, 4.69) is 14.9 Å². The number of nitrogens with one attached hydrogen (secondary N) is 1. The van der Waals surface area contributed by atoms with Gasteiger partial charge in [-0.15, -0.1) is 0 Å². The Morgan fingerprint density at radius 2 is 2.14 bits per heavy atom. The van der Waals surface area contributed by atoms with E-state index < -0.39 is 46.6 Å². The van der Waals surface area contributed by atoms with Gasteiger partial charge in [0.2, 0.25) is 10.0 Å². The summed E-state index contributed by atoms with van der Waals surface area (Å²) in [5, 5.41) is 5.47. The van der Waals surface area contributed by atoms with Crippen LogP contribution < -0.4 is 5.73 Å². The molecule has 0 bridgehead atoms. The summed E-state index contributed by atoms with van der Waals surface area (Å²) in [7, 11) is -3.50. The number of nitrogens with two attached hydrogens (primary N) is 1. The lowest BCUT2D eigenvalue weighted by Gasteiger charge is -2.22. The van der Waals surface area contributed by atoms with E-state index in [-0.39, 0.29) is 10.1 Å². The average Bonchev–Trinajstić information content (AvgIpc) is 2.79. The molecule has 0 aliphatic rings. The van der Waals surface area contributed by atoms with Crippen molar-refractivity contribution in [2.75, 3.05) is 25.9 Å². The lowest BCUT2D eigenvalue weighted by molar-refractivity contribution is -0.144. The third kappa shape index (κ3) is 4.60. The number of H-pyrrole nitrogens is 1. The molecule has 3 N–H and O–H groups in total. The van der Waals surface area contributed by atoms with Crippen molar-refractivity contribution < 1.29 is 31.1 Å². The van der Waals surface area contributed by atoms with Gasteiger partial charge in [-0.3, -0.25) is 9.89 Å². The average molecular weight is 330 g/mol. The quantitative estimate of drug-likeness (QED) is 0.715. The minimum absolute atomic E-state index is 0.102. The number of carbonyl (C=O) groups excluding carboxylic acids is 1. The molecule has 0 atom stereocenters. The standard InChI is InChI=1S/C9H13F3N4O4S/c1-20-7(17)2-3-16(5-9(10,11)12)21(18,19)6-4-14-15-8(6)13/h4H,2-3,5H2,1H3,(H3,13,14,15). The van der Waals surface area contributed by atoms with Crippen LogP contribution in [0.4, 0.5) is 19.0 Å². The molecule has 0 amide bonds. The van der Waals surface area contributed by atoms with Crippen LogP contribution in [0.5, 0.6) is 0 Å². The second-order valence-corrected chi connectivity index (χ2v) is 5.83. The van der Waals surface area contributed by atoms with Crippen molar-refractivity contribution >= 4 is 21.8 Å². The summed E-state index contributed by atoms with van der Waals surface area (Å²) in [6.07, 6.45) is -4.50. The van der Waals surface area contributed by atoms with Gasteiger partial charge in [0.15, 0.2) is 0 Å². The minimum atomic E-state index is -4.78. The van der Waals surface area contributed by atoms with Gasteiger partial charge in [0.25, 0.3) is 0 Å². The Morgan fingerprint density at radius 1 is 1.52 bits per heavy atom. The van der Waals surface area contributed by atoms with E-state index >= 15 is 0 Å². The van der Waals surface area contributed by atoms with Crippen LogP contribution in [0.1, 0.15) is 6.42 Å². The first kappa shape index (κ1) is 17.2. The van der Waals surface area contributed by atoms with Crippen molar-refractivity contribution in [3.63, 3.8) is 0 Å². The number of ether oxygens (including phenoxy) is 1. The highest BCUT2D eigenvalue weighted by Crippen LogP contribution is 2.25. The first-order valence-corrected chi connectivity index (χ1v) is 6.94. The molecule has 0 radical (unpaired) electrons. The number of esters is 1. The lowest BCUT2D eigenvalue weighted by Crippen LogP contribution is -2.40. The second kappa shape index (κ2) is 6.30. The van der Waals surface area contributed by atoms with Crippen molar-refractivity contribution in [1.29, 1.82) is 0 Å². The van der Waals surface area contributed by atoms with Crippen LogP contribution in [0.3, 0.4) is 0 Å². The van der Waals surface area contributed by atoms with Gasteiger partial charge in [-0.1, -0.05) is 0 Å². The Kier molecular flexibility index (Phi) is 5.17. The van der Waals surface area contributed by atoms with Crippen molar-refractivity contribution in [2.45, 2.75) is 17.5 Å². The van der Waals surface area contributed by atoms with E-state index in [4.69, 9.17) is 5.73 Å².